The van der Waals surface area contributed by atoms with Crippen LogP contribution in [0, 0.1) is 5.41 Å². The summed E-state index contributed by atoms with van der Waals surface area (Å²) < 4.78 is 1.72. The molecule has 0 bridgehead atoms. The van der Waals surface area contributed by atoms with Gasteiger partial charge in [-0.3, -0.25) is 9.48 Å². The highest BCUT2D eigenvalue weighted by atomic mass is 16.2. The van der Waals surface area contributed by atoms with Crippen LogP contribution in [0.1, 0.15) is 52.4 Å². The molecule has 21 heavy (non-hydrogen) atoms. The van der Waals surface area contributed by atoms with Crippen molar-refractivity contribution in [1.82, 2.24) is 15.1 Å². The molecule has 1 heterocycles. The van der Waals surface area contributed by atoms with Crippen LogP contribution in [-0.4, -0.2) is 27.8 Å². The van der Waals surface area contributed by atoms with Crippen LogP contribution >= 0.6 is 0 Å². The number of amides is 1. The molecule has 0 spiro atoms. The van der Waals surface area contributed by atoms with Crippen molar-refractivity contribution in [3.8, 4) is 0 Å². The second-order valence-electron chi connectivity index (χ2n) is 7.37. The van der Waals surface area contributed by atoms with E-state index in [1.54, 1.807) is 4.68 Å². The van der Waals surface area contributed by atoms with E-state index in [-0.39, 0.29) is 5.91 Å². The number of nitrogens with zero attached hydrogens (tertiary/aromatic N) is 2. The van der Waals surface area contributed by atoms with Gasteiger partial charge < -0.3 is 10.6 Å². The smallest absolute Gasteiger partial charge is 0.241 e. The summed E-state index contributed by atoms with van der Waals surface area (Å²) in [4.78, 5) is 11.8. The molecule has 1 aromatic heterocycles. The Balaban J connectivity index is 1.51. The lowest BCUT2D eigenvalue weighted by molar-refractivity contribution is -0.122. The second kappa shape index (κ2) is 5.70. The topological polar surface area (TPSA) is 59.0 Å². The molecule has 5 nitrogen and oxygen atoms in total. The summed E-state index contributed by atoms with van der Waals surface area (Å²) in [5.41, 5.74) is 1.45. The van der Waals surface area contributed by atoms with Gasteiger partial charge in [0.1, 0.15) is 6.54 Å². The van der Waals surface area contributed by atoms with E-state index in [9.17, 15) is 4.79 Å². The van der Waals surface area contributed by atoms with Gasteiger partial charge >= 0.3 is 0 Å². The predicted molar refractivity (Wildman–Crippen MR) is 83.1 cm³/mol. The monoisotopic (exact) mass is 290 g/mol. The van der Waals surface area contributed by atoms with Crippen molar-refractivity contribution in [2.75, 3.05) is 5.32 Å². The zero-order chi connectivity index (χ0) is 14.9. The highest BCUT2D eigenvalue weighted by molar-refractivity contribution is 5.76. The van der Waals surface area contributed by atoms with E-state index in [0.717, 1.165) is 18.5 Å². The van der Waals surface area contributed by atoms with E-state index in [1.807, 2.05) is 12.4 Å². The van der Waals surface area contributed by atoms with Crippen molar-refractivity contribution < 1.29 is 4.79 Å². The van der Waals surface area contributed by atoms with E-state index in [4.69, 9.17) is 0 Å². The third kappa shape index (κ3) is 4.22. The Kier molecular flexibility index (Phi) is 3.91. The van der Waals surface area contributed by atoms with Gasteiger partial charge in [0.15, 0.2) is 0 Å². The quantitative estimate of drug-likeness (QED) is 0.876. The fraction of sp³-hybridized carbons (Fsp3) is 0.750. The standard InChI is InChI=1S/C16H26N4O/c1-16(2)7-3-4-13(8-16)18-14-9-17-20(10-14)11-15(21)19-12-5-6-12/h9-10,12-13,18H,3-8,11H2,1-2H3,(H,19,21). The number of nitrogens with one attached hydrogen (secondary N) is 2. The van der Waals surface area contributed by atoms with Crippen molar-refractivity contribution in [3.05, 3.63) is 12.4 Å². The molecule has 2 N–H and O–H groups in total. The summed E-state index contributed by atoms with van der Waals surface area (Å²) in [6.45, 7) is 4.99. The molecule has 2 fully saturated rings. The van der Waals surface area contributed by atoms with Crippen LogP contribution in [0.2, 0.25) is 0 Å². The maximum atomic E-state index is 11.8. The van der Waals surface area contributed by atoms with Crippen molar-refractivity contribution in [1.29, 1.82) is 0 Å². The molecule has 1 amide bonds. The molecular formula is C16H26N4O. The Morgan fingerprint density at radius 1 is 1.38 bits per heavy atom. The maximum Gasteiger partial charge on any atom is 0.241 e. The predicted octanol–water partition coefficient (Wildman–Crippen LogP) is 2.54. The molecule has 0 aromatic carbocycles. The zero-order valence-corrected chi connectivity index (χ0v) is 13.1. The maximum absolute atomic E-state index is 11.8. The third-order valence-corrected chi connectivity index (χ3v) is 4.46. The van der Waals surface area contributed by atoms with Gasteiger partial charge in [-0.1, -0.05) is 20.3 Å². The van der Waals surface area contributed by atoms with Crippen LogP contribution in [0.15, 0.2) is 12.4 Å². The Morgan fingerprint density at radius 3 is 2.90 bits per heavy atom. The summed E-state index contributed by atoms with van der Waals surface area (Å²) >= 11 is 0. The van der Waals surface area contributed by atoms with Crippen LogP contribution in [0.5, 0.6) is 0 Å². The lowest BCUT2D eigenvalue weighted by Gasteiger charge is -2.35. The van der Waals surface area contributed by atoms with Gasteiger partial charge in [0, 0.05) is 18.3 Å². The average molecular weight is 290 g/mol. The van der Waals surface area contributed by atoms with Crippen molar-refractivity contribution in [3.63, 3.8) is 0 Å². The average Bonchev–Trinajstić information content (AvgIpc) is 3.08. The number of rotatable bonds is 5. The number of carbonyl (C=O) groups excluding carboxylic acids is 1. The Labute approximate surface area is 126 Å². The number of aromatic nitrogens is 2. The lowest BCUT2D eigenvalue weighted by atomic mass is 9.75. The molecule has 2 aliphatic carbocycles. The Morgan fingerprint density at radius 2 is 2.19 bits per heavy atom. The molecule has 0 saturated heterocycles. The minimum Gasteiger partial charge on any atom is -0.380 e. The molecule has 116 valence electrons. The summed E-state index contributed by atoms with van der Waals surface area (Å²) in [6, 6.07) is 0.932. The first-order chi connectivity index (χ1) is 10.00. The van der Waals surface area contributed by atoms with Crippen LogP contribution in [0.25, 0.3) is 0 Å². The molecule has 5 heteroatoms. The van der Waals surface area contributed by atoms with Gasteiger partial charge in [-0.05, 0) is 37.5 Å². The van der Waals surface area contributed by atoms with Crippen molar-refractivity contribution >= 4 is 11.6 Å². The largest absolute Gasteiger partial charge is 0.380 e. The molecule has 0 aliphatic heterocycles. The van der Waals surface area contributed by atoms with E-state index in [2.05, 4.69) is 29.6 Å². The van der Waals surface area contributed by atoms with Gasteiger partial charge in [-0.25, -0.2) is 0 Å². The summed E-state index contributed by atoms with van der Waals surface area (Å²) in [5.74, 6) is 0.0611. The highest BCUT2D eigenvalue weighted by Crippen LogP contribution is 2.36. The SMILES string of the molecule is CC1(C)CCCC(Nc2cnn(CC(=O)NC3CC3)c2)C1. The van der Waals surface area contributed by atoms with Crippen LogP contribution in [0.3, 0.4) is 0 Å². The van der Waals surface area contributed by atoms with Gasteiger partial charge in [0.2, 0.25) is 5.91 Å². The zero-order valence-electron chi connectivity index (χ0n) is 13.1. The summed E-state index contributed by atoms with van der Waals surface area (Å²) in [6.07, 6.45) is 11.0. The van der Waals surface area contributed by atoms with Crippen LogP contribution in [0.4, 0.5) is 5.69 Å². The second-order valence-corrected chi connectivity index (χ2v) is 7.37. The fourth-order valence-electron chi connectivity index (χ4n) is 3.23. The van der Waals surface area contributed by atoms with Gasteiger partial charge in [0.05, 0.1) is 11.9 Å². The molecular weight excluding hydrogens is 264 g/mol. The molecule has 3 rings (SSSR count). The highest BCUT2D eigenvalue weighted by Gasteiger charge is 2.28. The molecule has 0 radical (unpaired) electrons. The van der Waals surface area contributed by atoms with Crippen molar-refractivity contribution in [2.24, 2.45) is 5.41 Å². The van der Waals surface area contributed by atoms with Gasteiger partial charge in [-0.2, -0.15) is 5.10 Å². The minimum absolute atomic E-state index is 0.0611. The van der Waals surface area contributed by atoms with E-state index in [0.29, 0.717) is 24.0 Å². The number of carbonyl (C=O) groups is 1. The van der Waals surface area contributed by atoms with E-state index >= 15 is 0 Å². The summed E-state index contributed by atoms with van der Waals surface area (Å²) in [7, 11) is 0. The normalized spacial score (nSPS) is 24.6. The Bertz CT molecular complexity index is 504. The first-order valence-electron chi connectivity index (χ1n) is 8.09. The molecule has 1 unspecified atom stereocenters. The Hall–Kier alpha value is -1.52. The first kappa shape index (κ1) is 14.4. The van der Waals surface area contributed by atoms with Crippen LogP contribution in [-0.2, 0) is 11.3 Å². The van der Waals surface area contributed by atoms with Crippen LogP contribution < -0.4 is 10.6 Å². The number of hydrogen-bond donors (Lipinski definition) is 2. The first-order valence-corrected chi connectivity index (χ1v) is 8.09. The van der Waals surface area contributed by atoms with Gasteiger partial charge in [-0.15, -0.1) is 0 Å². The number of hydrogen-bond acceptors (Lipinski definition) is 3. The number of anilines is 1. The van der Waals surface area contributed by atoms with E-state index in [1.165, 1.54) is 25.7 Å². The molecule has 1 atom stereocenters. The third-order valence-electron chi connectivity index (χ3n) is 4.46. The lowest BCUT2D eigenvalue weighted by Crippen LogP contribution is -2.31. The molecule has 2 aliphatic rings. The van der Waals surface area contributed by atoms with E-state index < -0.39 is 0 Å². The molecule has 2 saturated carbocycles. The molecule has 1 aromatic rings. The van der Waals surface area contributed by atoms with Gasteiger partial charge in [0.25, 0.3) is 0 Å². The fourth-order valence-corrected chi connectivity index (χ4v) is 3.23. The minimum atomic E-state index is 0.0611. The van der Waals surface area contributed by atoms with Crippen molar-refractivity contribution in [2.45, 2.75) is 71.0 Å². The summed E-state index contributed by atoms with van der Waals surface area (Å²) in [5, 5.41) is 10.8.